The predicted molar refractivity (Wildman–Crippen MR) is 81.8 cm³/mol. The fraction of sp³-hybridized carbons (Fsp3) is 0.500. The fourth-order valence-corrected chi connectivity index (χ4v) is 3.30. The van der Waals surface area contributed by atoms with Crippen molar-refractivity contribution < 1.29 is 22.7 Å². The molecule has 9 heteroatoms. The SMILES string of the molecule is CN(C)C[C@]1(O)CCN(C(=O)c2cc(S(N)(=O)=O)ccc2F)C1. The van der Waals surface area contributed by atoms with Crippen molar-refractivity contribution in [1.29, 1.82) is 0 Å². The third-order valence-electron chi connectivity index (χ3n) is 3.73. The van der Waals surface area contributed by atoms with E-state index in [0.717, 1.165) is 18.2 Å². The molecule has 0 unspecified atom stereocenters. The summed E-state index contributed by atoms with van der Waals surface area (Å²) in [6.45, 7) is 0.696. The van der Waals surface area contributed by atoms with Gasteiger partial charge in [-0.3, -0.25) is 4.79 Å². The van der Waals surface area contributed by atoms with E-state index in [1.165, 1.54) is 4.90 Å². The number of benzene rings is 1. The van der Waals surface area contributed by atoms with E-state index in [2.05, 4.69) is 0 Å². The van der Waals surface area contributed by atoms with E-state index in [1.54, 1.807) is 19.0 Å². The lowest BCUT2D eigenvalue weighted by atomic mass is 10.0. The molecule has 1 atom stereocenters. The molecule has 0 saturated carbocycles. The monoisotopic (exact) mass is 345 g/mol. The Hall–Kier alpha value is -1.55. The second kappa shape index (κ2) is 6.16. The van der Waals surface area contributed by atoms with Gasteiger partial charge in [0.1, 0.15) is 5.82 Å². The maximum Gasteiger partial charge on any atom is 0.256 e. The standard InChI is InChI=1S/C14H20FN3O4S/c1-17(2)8-14(20)5-6-18(9-14)13(19)11-7-10(23(16,21)22)3-4-12(11)15/h3-4,7,20H,5-6,8-9H2,1-2H3,(H2,16,21,22)/t14-/m1/s1. The van der Waals surface area contributed by atoms with Crippen LogP contribution in [0.25, 0.3) is 0 Å². The van der Waals surface area contributed by atoms with Crippen molar-refractivity contribution in [1.82, 2.24) is 9.80 Å². The average molecular weight is 345 g/mol. The maximum absolute atomic E-state index is 13.9. The lowest BCUT2D eigenvalue weighted by Crippen LogP contribution is -2.43. The van der Waals surface area contributed by atoms with Gasteiger partial charge in [0, 0.05) is 13.1 Å². The number of carbonyl (C=O) groups excluding carboxylic acids is 1. The Morgan fingerprint density at radius 2 is 2.13 bits per heavy atom. The van der Waals surface area contributed by atoms with Gasteiger partial charge in [-0.05, 0) is 38.7 Å². The van der Waals surface area contributed by atoms with Crippen LogP contribution in [0.2, 0.25) is 0 Å². The number of carbonyl (C=O) groups is 1. The number of β-amino-alcohol motifs (C(OH)–C–C–N with tert-alkyl or cyclic N) is 1. The molecule has 1 aromatic carbocycles. The number of aliphatic hydroxyl groups is 1. The zero-order valence-corrected chi connectivity index (χ0v) is 13.8. The van der Waals surface area contributed by atoms with Crippen molar-refractivity contribution in [2.24, 2.45) is 5.14 Å². The largest absolute Gasteiger partial charge is 0.387 e. The summed E-state index contributed by atoms with van der Waals surface area (Å²) in [6, 6.07) is 2.83. The molecule has 1 amide bonds. The molecule has 1 heterocycles. The van der Waals surface area contributed by atoms with Crippen LogP contribution in [0, 0.1) is 5.82 Å². The highest BCUT2D eigenvalue weighted by Gasteiger charge is 2.39. The molecule has 1 aliphatic rings. The Morgan fingerprint density at radius 1 is 1.48 bits per heavy atom. The second-order valence-corrected chi connectivity index (χ2v) is 7.69. The van der Waals surface area contributed by atoms with Crippen molar-refractivity contribution in [3.8, 4) is 0 Å². The van der Waals surface area contributed by atoms with Crippen LogP contribution in [0.1, 0.15) is 16.8 Å². The smallest absolute Gasteiger partial charge is 0.256 e. The van der Waals surface area contributed by atoms with Gasteiger partial charge in [0.25, 0.3) is 5.91 Å². The number of rotatable bonds is 4. The summed E-state index contributed by atoms with van der Waals surface area (Å²) in [5.41, 5.74) is -1.43. The Kier molecular flexibility index (Phi) is 4.76. The Labute approximate surface area is 134 Å². The van der Waals surface area contributed by atoms with E-state index < -0.39 is 27.3 Å². The maximum atomic E-state index is 13.9. The van der Waals surface area contributed by atoms with Gasteiger partial charge in [-0.1, -0.05) is 0 Å². The third-order valence-corrected chi connectivity index (χ3v) is 4.64. The summed E-state index contributed by atoms with van der Waals surface area (Å²) in [7, 11) is -0.425. The quantitative estimate of drug-likeness (QED) is 0.774. The Morgan fingerprint density at radius 3 is 2.70 bits per heavy atom. The van der Waals surface area contributed by atoms with Crippen LogP contribution < -0.4 is 5.14 Å². The first-order valence-corrected chi connectivity index (χ1v) is 8.55. The van der Waals surface area contributed by atoms with Gasteiger partial charge < -0.3 is 14.9 Å². The van der Waals surface area contributed by atoms with Crippen molar-refractivity contribution in [2.75, 3.05) is 33.7 Å². The number of hydrogen-bond acceptors (Lipinski definition) is 5. The minimum absolute atomic E-state index is 0.0586. The number of hydrogen-bond donors (Lipinski definition) is 2. The molecule has 0 radical (unpaired) electrons. The Bertz CT molecular complexity index is 723. The van der Waals surface area contributed by atoms with E-state index in [4.69, 9.17) is 5.14 Å². The highest BCUT2D eigenvalue weighted by molar-refractivity contribution is 7.89. The first kappa shape index (κ1) is 17.8. The molecule has 3 N–H and O–H groups in total. The number of halogens is 1. The molecule has 1 saturated heterocycles. The van der Waals surface area contributed by atoms with Crippen LogP contribution in [-0.2, 0) is 10.0 Å². The van der Waals surface area contributed by atoms with Gasteiger partial charge in [0.2, 0.25) is 10.0 Å². The molecule has 0 aliphatic carbocycles. The summed E-state index contributed by atoms with van der Waals surface area (Å²) in [5.74, 6) is -1.49. The lowest BCUT2D eigenvalue weighted by molar-refractivity contribution is 0.0235. The van der Waals surface area contributed by atoms with E-state index in [0.29, 0.717) is 13.0 Å². The van der Waals surface area contributed by atoms with Gasteiger partial charge in [0.15, 0.2) is 0 Å². The summed E-state index contributed by atoms with van der Waals surface area (Å²) >= 11 is 0. The lowest BCUT2D eigenvalue weighted by Gasteiger charge is -2.26. The van der Waals surface area contributed by atoms with Crippen LogP contribution in [-0.4, -0.2) is 68.6 Å². The number of nitrogens with zero attached hydrogens (tertiary/aromatic N) is 2. The molecule has 128 valence electrons. The van der Waals surface area contributed by atoms with Gasteiger partial charge in [-0.2, -0.15) is 0 Å². The average Bonchev–Trinajstić information content (AvgIpc) is 2.78. The van der Waals surface area contributed by atoms with Crippen molar-refractivity contribution in [3.05, 3.63) is 29.6 Å². The third kappa shape index (κ3) is 4.05. The summed E-state index contributed by atoms with van der Waals surface area (Å²) in [5, 5.41) is 15.4. The van der Waals surface area contributed by atoms with Crippen LogP contribution >= 0.6 is 0 Å². The highest BCUT2D eigenvalue weighted by atomic mass is 32.2. The molecule has 7 nitrogen and oxygen atoms in total. The zero-order valence-electron chi connectivity index (χ0n) is 13.0. The molecular formula is C14H20FN3O4S. The van der Waals surface area contributed by atoms with Gasteiger partial charge >= 0.3 is 0 Å². The number of likely N-dealkylation sites (tertiary alicyclic amines) is 1. The molecule has 1 fully saturated rings. The summed E-state index contributed by atoms with van der Waals surface area (Å²) in [6.07, 6.45) is 0.368. The summed E-state index contributed by atoms with van der Waals surface area (Å²) in [4.78, 5) is 15.2. The van der Waals surface area contributed by atoms with E-state index in [9.17, 15) is 22.7 Å². The molecule has 23 heavy (non-hydrogen) atoms. The first-order valence-electron chi connectivity index (χ1n) is 7.01. The van der Waals surface area contributed by atoms with E-state index in [-0.39, 0.29) is 23.5 Å². The topological polar surface area (TPSA) is 104 Å². The van der Waals surface area contributed by atoms with Crippen molar-refractivity contribution in [3.63, 3.8) is 0 Å². The van der Waals surface area contributed by atoms with Crippen LogP contribution in [0.15, 0.2) is 23.1 Å². The van der Waals surface area contributed by atoms with Crippen molar-refractivity contribution >= 4 is 15.9 Å². The number of primary sulfonamides is 1. The number of likely N-dealkylation sites (N-methyl/N-ethyl adjacent to an activating group) is 1. The van der Waals surface area contributed by atoms with Crippen LogP contribution in [0.4, 0.5) is 4.39 Å². The van der Waals surface area contributed by atoms with Crippen LogP contribution in [0.5, 0.6) is 0 Å². The molecule has 0 spiro atoms. The highest BCUT2D eigenvalue weighted by Crippen LogP contribution is 2.25. The number of amides is 1. The Balaban J connectivity index is 2.25. The fourth-order valence-electron chi connectivity index (χ4n) is 2.76. The second-order valence-electron chi connectivity index (χ2n) is 6.13. The minimum atomic E-state index is -4.03. The molecule has 0 aromatic heterocycles. The van der Waals surface area contributed by atoms with Crippen LogP contribution in [0.3, 0.4) is 0 Å². The number of sulfonamides is 1. The van der Waals surface area contributed by atoms with E-state index in [1.807, 2.05) is 0 Å². The molecule has 1 aliphatic heterocycles. The van der Waals surface area contributed by atoms with Gasteiger partial charge in [0.05, 0.1) is 22.6 Å². The predicted octanol–water partition coefficient (Wildman–Crippen LogP) is -0.388. The van der Waals surface area contributed by atoms with Crippen molar-refractivity contribution in [2.45, 2.75) is 16.9 Å². The normalized spacial score (nSPS) is 21.9. The van der Waals surface area contributed by atoms with E-state index >= 15 is 0 Å². The molecule has 2 rings (SSSR count). The number of nitrogens with two attached hydrogens (primary N) is 1. The molecule has 1 aromatic rings. The molecule has 0 bridgehead atoms. The molecular weight excluding hydrogens is 325 g/mol. The zero-order chi connectivity index (χ0) is 17.4. The van der Waals surface area contributed by atoms with Gasteiger partial charge in [-0.15, -0.1) is 0 Å². The minimum Gasteiger partial charge on any atom is -0.387 e. The van der Waals surface area contributed by atoms with Gasteiger partial charge in [-0.25, -0.2) is 17.9 Å². The summed E-state index contributed by atoms with van der Waals surface area (Å²) < 4.78 is 36.6. The first-order chi connectivity index (χ1) is 10.5.